The number of halogens is 1. The van der Waals surface area contributed by atoms with E-state index in [1.807, 2.05) is 6.92 Å². The number of hydrogen-bond donors (Lipinski definition) is 1. The van der Waals surface area contributed by atoms with Crippen LogP contribution < -0.4 is 5.73 Å². The van der Waals surface area contributed by atoms with Crippen LogP contribution >= 0.6 is 15.9 Å². The van der Waals surface area contributed by atoms with Crippen LogP contribution in [0.2, 0.25) is 0 Å². The normalized spacial score (nSPS) is 11.8. The van der Waals surface area contributed by atoms with Crippen LogP contribution in [0.5, 0.6) is 0 Å². The molecule has 0 bridgehead atoms. The Bertz CT molecular complexity index is 766. The average molecular weight is 358 g/mol. The maximum absolute atomic E-state index is 12.5. The maximum Gasteiger partial charge on any atom is 0.186 e. The van der Waals surface area contributed by atoms with E-state index < -0.39 is 9.84 Å². The Morgan fingerprint density at radius 2 is 2.00 bits per heavy atom. The number of sulfone groups is 1. The number of anilines is 1. The van der Waals surface area contributed by atoms with E-state index in [0.29, 0.717) is 11.4 Å². The first-order chi connectivity index (χ1) is 9.24. The molecule has 0 unspecified atom stereocenters. The fourth-order valence-corrected chi connectivity index (χ4v) is 4.31. The average Bonchev–Trinajstić information content (AvgIpc) is 2.59. The minimum atomic E-state index is -3.51. The Morgan fingerprint density at radius 1 is 1.35 bits per heavy atom. The molecule has 0 atom stereocenters. The largest absolute Gasteiger partial charge is 0.397 e. The fraction of sp³-hybridized carbons (Fsp3) is 0.308. The van der Waals surface area contributed by atoms with Gasteiger partial charge in [0.1, 0.15) is 0 Å². The summed E-state index contributed by atoms with van der Waals surface area (Å²) in [6.45, 7) is 3.61. The van der Waals surface area contributed by atoms with Gasteiger partial charge in [-0.1, -0.05) is 12.1 Å². The zero-order valence-electron chi connectivity index (χ0n) is 11.5. The Balaban J connectivity index is 2.49. The molecule has 1 heterocycles. The van der Waals surface area contributed by atoms with Gasteiger partial charge in [0.05, 0.1) is 32.2 Å². The Morgan fingerprint density at radius 3 is 2.55 bits per heavy atom. The molecule has 2 rings (SSSR count). The monoisotopic (exact) mass is 357 g/mol. The highest BCUT2D eigenvalue weighted by atomic mass is 79.9. The van der Waals surface area contributed by atoms with Crippen molar-refractivity contribution < 1.29 is 8.42 Å². The number of benzene rings is 1. The van der Waals surface area contributed by atoms with Crippen LogP contribution in [-0.4, -0.2) is 18.2 Å². The van der Waals surface area contributed by atoms with E-state index in [1.165, 1.54) is 6.07 Å². The highest BCUT2D eigenvalue weighted by molar-refractivity contribution is 9.10. The summed E-state index contributed by atoms with van der Waals surface area (Å²) in [4.78, 5) is 0.170. The minimum Gasteiger partial charge on any atom is -0.397 e. The van der Waals surface area contributed by atoms with Gasteiger partial charge < -0.3 is 5.73 Å². The number of rotatable bonds is 3. The van der Waals surface area contributed by atoms with E-state index in [2.05, 4.69) is 21.0 Å². The molecule has 0 aliphatic heterocycles. The lowest BCUT2D eigenvalue weighted by atomic mass is 10.2. The van der Waals surface area contributed by atoms with Gasteiger partial charge in [-0.2, -0.15) is 5.10 Å². The third-order valence-corrected chi connectivity index (χ3v) is 5.92. The number of hydrogen-bond acceptors (Lipinski definition) is 4. The van der Waals surface area contributed by atoms with Crippen molar-refractivity contribution in [1.29, 1.82) is 0 Å². The first-order valence-corrected chi connectivity index (χ1v) is 8.44. The van der Waals surface area contributed by atoms with Gasteiger partial charge in [0.25, 0.3) is 0 Å². The second kappa shape index (κ2) is 5.21. The molecular weight excluding hydrogens is 342 g/mol. The quantitative estimate of drug-likeness (QED) is 0.855. The van der Waals surface area contributed by atoms with Crippen LogP contribution in [0.25, 0.3) is 0 Å². The highest BCUT2D eigenvalue weighted by Crippen LogP contribution is 2.28. The molecule has 1 aromatic heterocycles. The van der Waals surface area contributed by atoms with Crippen LogP contribution in [0.3, 0.4) is 0 Å². The van der Waals surface area contributed by atoms with Gasteiger partial charge in [-0.25, -0.2) is 8.42 Å². The first-order valence-electron chi connectivity index (χ1n) is 6.00. The number of nitrogens with zero attached hydrogens (tertiary/aromatic N) is 2. The third kappa shape index (κ3) is 2.60. The predicted molar refractivity (Wildman–Crippen MR) is 82.1 cm³/mol. The van der Waals surface area contributed by atoms with Crippen LogP contribution in [0.4, 0.5) is 5.69 Å². The summed E-state index contributed by atoms with van der Waals surface area (Å²) in [6.07, 6.45) is 0. The molecule has 0 aliphatic rings. The molecule has 5 nitrogen and oxygen atoms in total. The molecule has 2 aromatic rings. The lowest BCUT2D eigenvalue weighted by Crippen LogP contribution is -2.11. The van der Waals surface area contributed by atoms with E-state index >= 15 is 0 Å². The van der Waals surface area contributed by atoms with Gasteiger partial charge in [-0.05, 0) is 41.4 Å². The predicted octanol–water partition coefficient (Wildman–Crippen LogP) is 2.36. The molecule has 0 radical (unpaired) electrons. The zero-order chi connectivity index (χ0) is 15.1. The second-order valence-corrected chi connectivity index (χ2v) is 7.47. The van der Waals surface area contributed by atoms with Crippen LogP contribution in [0.15, 0.2) is 27.6 Å². The lowest BCUT2D eigenvalue weighted by Gasteiger charge is -2.10. The van der Waals surface area contributed by atoms with Crippen molar-refractivity contribution in [2.75, 3.05) is 5.73 Å². The standard InChI is InChI=1S/C13H16BrN3O2S/c1-8-5-4-6-11(13(8)15)20(18,19)7-10-12(14)9(2)16-17(10)3/h4-6H,7,15H2,1-3H3. The lowest BCUT2D eigenvalue weighted by molar-refractivity contribution is 0.592. The smallest absolute Gasteiger partial charge is 0.186 e. The molecule has 108 valence electrons. The van der Waals surface area contributed by atoms with Crippen molar-refractivity contribution in [3.8, 4) is 0 Å². The molecule has 1 aromatic carbocycles. The minimum absolute atomic E-state index is 0.140. The number of aromatic nitrogens is 2. The summed E-state index contributed by atoms with van der Waals surface area (Å²) in [5.74, 6) is -0.140. The number of nitrogens with two attached hydrogens (primary N) is 1. The molecule has 0 spiro atoms. The molecule has 0 fully saturated rings. The molecule has 20 heavy (non-hydrogen) atoms. The number of para-hydroxylation sites is 1. The van der Waals surface area contributed by atoms with Crippen molar-refractivity contribution in [2.24, 2.45) is 7.05 Å². The molecule has 0 amide bonds. The van der Waals surface area contributed by atoms with Crippen LogP contribution in [0, 0.1) is 13.8 Å². The highest BCUT2D eigenvalue weighted by Gasteiger charge is 2.23. The topological polar surface area (TPSA) is 78.0 Å². The van der Waals surface area contributed by atoms with Crippen molar-refractivity contribution >= 4 is 31.5 Å². The molecule has 2 N–H and O–H groups in total. The van der Waals surface area contributed by atoms with E-state index in [1.54, 1.807) is 30.8 Å². The SMILES string of the molecule is Cc1cccc(S(=O)(=O)Cc2c(Br)c(C)nn2C)c1N. The maximum atomic E-state index is 12.5. The summed E-state index contributed by atoms with van der Waals surface area (Å²) >= 11 is 3.38. The summed E-state index contributed by atoms with van der Waals surface area (Å²) in [5, 5.41) is 4.20. The first kappa shape index (κ1) is 15.1. The number of aryl methyl sites for hydroxylation is 3. The van der Waals surface area contributed by atoms with E-state index in [9.17, 15) is 8.42 Å². The van der Waals surface area contributed by atoms with Gasteiger partial charge in [0.2, 0.25) is 0 Å². The van der Waals surface area contributed by atoms with Crippen molar-refractivity contribution in [3.63, 3.8) is 0 Å². The van der Waals surface area contributed by atoms with Crippen molar-refractivity contribution in [2.45, 2.75) is 24.5 Å². The molecule has 0 aliphatic carbocycles. The Hall–Kier alpha value is -1.34. The van der Waals surface area contributed by atoms with Gasteiger partial charge in [0.15, 0.2) is 9.84 Å². The van der Waals surface area contributed by atoms with Gasteiger partial charge >= 0.3 is 0 Å². The Kier molecular flexibility index (Phi) is 3.93. The zero-order valence-corrected chi connectivity index (χ0v) is 13.9. The Labute approximate surface area is 126 Å². The summed E-state index contributed by atoms with van der Waals surface area (Å²) < 4.78 is 27.4. The van der Waals surface area contributed by atoms with Crippen molar-refractivity contribution in [3.05, 3.63) is 39.6 Å². The molecule has 0 saturated carbocycles. The van der Waals surface area contributed by atoms with Crippen LogP contribution in [-0.2, 0) is 22.6 Å². The van der Waals surface area contributed by atoms with Gasteiger partial charge in [-0.15, -0.1) is 0 Å². The fourth-order valence-electron chi connectivity index (χ4n) is 2.02. The summed E-state index contributed by atoms with van der Waals surface area (Å²) in [6, 6.07) is 5.02. The second-order valence-electron chi connectivity index (χ2n) is 4.72. The molecular formula is C13H16BrN3O2S. The van der Waals surface area contributed by atoms with Gasteiger partial charge in [0, 0.05) is 7.05 Å². The van der Waals surface area contributed by atoms with Crippen molar-refractivity contribution in [1.82, 2.24) is 9.78 Å². The number of nitrogen functional groups attached to an aromatic ring is 1. The molecule has 0 saturated heterocycles. The van der Waals surface area contributed by atoms with E-state index in [4.69, 9.17) is 5.73 Å². The van der Waals surface area contributed by atoms with E-state index in [-0.39, 0.29) is 10.6 Å². The van der Waals surface area contributed by atoms with Gasteiger partial charge in [-0.3, -0.25) is 4.68 Å². The van der Waals surface area contributed by atoms with Crippen LogP contribution in [0.1, 0.15) is 17.0 Å². The summed E-state index contributed by atoms with van der Waals surface area (Å²) in [5.41, 5.74) is 8.33. The third-order valence-electron chi connectivity index (χ3n) is 3.21. The summed E-state index contributed by atoms with van der Waals surface area (Å²) in [7, 11) is -1.79. The molecule has 7 heteroatoms. The van der Waals surface area contributed by atoms with E-state index in [0.717, 1.165) is 15.7 Å².